The van der Waals surface area contributed by atoms with Crippen LogP contribution in [0.2, 0.25) is 0 Å². The van der Waals surface area contributed by atoms with Crippen LogP contribution >= 0.6 is 23.1 Å². The second-order valence-electron chi connectivity index (χ2n) is 5.85. The van der Waals surface area contributed by atoms with E-state index in [4.69, 9.17) is 4.98 Å². The lowest BCUT2D eigenvalue weighted by Gasteiger charge is -2.09. The van der Waals surface area contributed by atoms with Gasteiger partial charge in [-0.2, -0.15) is 0 Å². The number of rotatable bonds is 4. The Kier molecular flexibility index (Phi) is 4.23. The minimum atomic E-state index is 0.0385. The van der Waals surface area contributed by atoms with E-state index in [2.05, 4.69) is 29.2 Å². The van der Waals surface area contributed by atoms with E-state index in [9.17, 15) is 4.79 Å². The van der Waals surface area contributed by atoms with E-state index in [0.717, 1.165) is 40.4 Å². The van der Waals surface area contributed by atoms with E-state index in [1.807, 2.05) is 6.07 Å². The van der Waals surface area contributed by atoms with Crippen molar-refractivity contribution in [1.82, 2.24) is 9.97 Å². The molecular formula is C18H18N2OS2. The van der Waals surface area contributed by atoms with Crippen LogP contribution in [0.5, 0.6) is 0 Å². The Hall–Kier alpha value is -1.59. The van der Waals surface area contributed by atoms with Crippen LogP contribution in [0.1, 0.15) is 28.8 Å². The number of aromatic amines is 1. The number of nitrogens with one attached hydrogen (secondary N) is 1. The highest BCUT2D eigenvalue weighted by atomic mass is 32.2. The summed E-state index contributed by atoms with van der Waals surface area (Å²) in [4.78, 5) is 22.4. The van der Waals surface area contributed by atoms with Gasteiger partial charge in [0.05, 0.1) is 5.39 Å². The summed E-state index contributed by atoms with van der Waals surface area (Å²) in [5, 5.41) is 1.59. The van der Waals surface area contributed by atoms with Crippen LogP contribution in [0, 0.1) is 0 Å². The summed E-state index contributed by atoms with van der Waals surface area (Å²) >= 11 is 3.34. The number of thiophene rings is 1. The highest BCUT2D eigenvalue weighted by Gasteiger charge is 2.19. The molecule has 2 heterocycles. The molecule has 3 aromatic rings. The summed E-state index contributed by atoms with van der Waals surface area (Å²) < 4.78 is 0. The van der Waals surface area contributed by atoms with Gasteiger partial charge in [0.25, 0.3) is 5.56 Å². The second-order valence-corrected chi connectivity index (χ2v) is 8.01. The number of fused-ring (bicyclic) bond motifs is 3. The number of H-pyrrole nitrogens is 1. The number of thioether (sulfide) groups is 1. The normalized spacial score (nSPS) is 14.1. The van der Waals surface area contributed by atoms with Crippen molar-refractivity contribution in [2.45, 2.75) is 37.3 Å². The minimum absolute atomic E-state index is 0.0385. The van der Waals surface area contributed by atoms with Crippen LogP contribution in [0.15, 0.2) is 40.3 Å². The Morgan fingerprint density at radius 3 is 2.87 bits per heavy atom. The monoisotopic (exact) mass is 342 g/mol. The Labute approximate surface area is 143 Å². The summed E-state index contributed by atoms with van der Waals surface area (Å²) in [7, 11) is 0. The van der Waals surface area contributed by atoms with Crippen LogP contribution in [-0.2, 0) is 19.3 Å². The molecule has 0 saturated carbocycles. The first-order valence-electron chi connectivity index (χ1n) is 8.02. The topological polar surface area (TPSA) is 45.8 Å². The van der Waals surface area contributed by atoms with E-state index in [1.54, 1.807) is 23.1 Å². The van der Waals surface area contributed by atoms with Crippen LogP contribution in [0.3, 0.4) is 0 Å². The number of aromatic nitrogens is 2. The minimum Gasteiger partial charge on any atom is -0.301 e. The van der Waals surface area contributed by atoms with Gasteiger partial charge in [0.15, 0.2) is 5.16 Å². The fourth-order valence-corrected chi connectivity index (χ4v) is 5.29. The van der Waals surface area contributed by atoms with Gasteiger partial charge in [-0.15, -0.1) is 11.3 Å². The van der Waals surface area contributed by atoms with Gasteiger partial charge in [-0.3, -0.25) is 4.79 Å². The lowest BCUT2D eigenvalue weighted by Crippen LogP contribution is -2.11. The zero-order chi connectivity index (χ0) is 15.6. The quantitative estimate of drug-likeness (QED) is 0.571. The third kappa shape index (κ3) is 3.08. The molecule has 0 atom stereocenters. The molecule has 1 aromatic carbocycles. The summed E-state index contributed by atoms with van der Waals surface area (Å²) in [6.45, 7) is 0. The fraction of sp³-hybridized carbons (Fsp3) is 0.333. The molecule has 2 aromatic heterocycles. The fourth-order valence-electron chi connectivity index (χ4n) is 3.12. The maximum atomic E-state index is 12.5. The highest BCUT2D eigenvalue weighted by molar-refractivity contribution is 7.99. The van der Waals surface area contributed by atoms with Gasteiger partial charge < -0.3 is 4.98 Å². The highest BCUT2D eigenvalue weighted by Crippen LogP contribution is 2.34. The van der Waals surface area contributed by atoms with Crippen LogP contribution in [0.4, 0.5) is 0 Å². The van der Waals surface area contributed by atoms with E-state index in [1.165, 1.54) is 28.8 Å². The molecule has 4 rings (SSSR count). The first-order chi connectivity index (χ1) is 11.3. The molecule has 5 heteroatoms. The lowest BCUT2D eigenvalue weighted by molar-refractivity contribution is 0.700. The number of hydrogen-bond acceptors (Lipinski definition) is 4. The lowest BCUT2D eigenvalue weighted by atomic mass is 9.97. The Morgan fingerprint density at radius 2 is 2.00 bits per heavy atom. The third-order valence-electron chi connectivity index (χ3n) is 4.28. The smallest absolute Gasteiger partial charge is 0.260 e. The molecule has 0 unspecified atom stereocenters. The van der Waals surface area contributed by atoms with Crippen molar-refractivity contribution >= 4 is 33.3 Å². The van der Waals surface area contributed by atoms with Crippen molar-refractivity contribution in [1.29, 1.82) is 0 Å². The summed E-state index contributed by atoms with van der Waals surface area (Å²) in [5.41, 5.74) is 2.61. The molecule has 23 heavy (non-hydrogen) atoms. The summed E-state index contributed by atoms with van der Waals surface area (Å²) in [6.07, 6.45) is 5.53. The molecule has 1 aliphatic rings. The standard InChI is InChI=1S/C18H18N2OS2/c21-16-15-13-8-4-5-9-14(13)23-17(15)20-18(19-16)22-11-10-12-6-2-1-3-7-12/h1-3,6-7H,4-5,8-11H2,(H,19,20,21). The molecule has 0 aliphatic heterocycles. The maximum Gasteiger partial charge on any atom is 0.260 e. The SMILES string of the molecule is O=c1[nH]c(SCCc2ccccc2)nc2sc3c(c12)CCCC3. The molecule has 0 saturated heterocycles. The summed E-state index contributed by atoms with van der Waals surface area (Å²) in [6, 6.07) is 10.4. The van der Waals surface area contributed by atoms with Gasteiger partial charge in [0.2, 0.25) is 0 Å². The van der Waals surface area contributed by atoms with E-state index in [0.29, 0.717) is 0 Å². The van der Waals surface area contributed by atoms with E-state index in [-0.39, 0.29) is 5.56 Å². The van der Waals surface area contributed by atoms with Crippen molar-refractivity contribution in [3.05, 3.63) is 56.7 Å². The number of hydrogen-bond donors (Lipinski definition) is 1. The van der Waals surface area contributed by atoms with Crippen molar-refractivity contribution in [2.24, 2.45) is 0 Å². The zero-order valence-electron chi connectivity index (χ0n) is 12.8. The van der Waals surface area contributed by atoms with Crippen molar-refractivity contribution in [2.75, 3.05) is 5.75 Å². The molecule has 0 amide bonds. The Bertz CT molecular complexity index is 883. The predicted molar refractivity (Wildman–Crippen MR) is 97.8 cm³/mol. The number of nitrogens with zero attached hydrogens (tertiary/aromatic N) is 1. The van der Waals surface area contributed by atoms with Crippen molar-refractivity contribution < 1.29 is 0 Å². The predicted octanol–water partition coefficient (Wildman–Crippen LogP) is 4.20. The molecule has 0 bridgehead atoms. The summed E-state index contributed by atoms with van der Waals surface area (Å²) in [5.74, 6) is 0.920. The van der Waals surface area contributed by atoms with Gasteiger partial charge in [-0.25, -0.2) is 4.98 Å². The first kappa shape index (κ1) is 15.0. The van der Waals surface area contributed by atoms with E-state index >= 15 is 0 Å². The van der Waals surface area contributed by atoms with Crippen molar-refractivity contribution in [3.8, 4) is 0 Å². The maximum absolute atomic E-state index is 12.5. The molecule has 0 radical (unpaired) electrons. The van der Waals surface area contributed by atoms with Gasteiger partial charge in [0, 0.05) is 10.6 Å². The molecule has 0 spiro atoms. The second kappa shape index (κ2) is 6.49. The number of aryl methyl sites for hydroxylation is 3. The molecule has 1 aliphatic carbocycles. The van der Waals surface area contributed by atoms with Crippen molar-refractivity contribution in [3.63, 3.8) is 0 Å². The van der Waals surface area contributed by atoms with Gasteiger partial charge in [0.1, 0.15) is 4.83 Å². The van der Waals surface area contributed by atoms with Crippen LogP contribution < -0.4 is 5.56 Å². The molecule has 0 fully saturated rings. The average Bonchev–Trinajstić information content (AvgIpc) is 2.94. The van der Waals surface area contributed by atoms with Gasteiger partial charge >= 0.3 is 0 Å². The van der Waals surface area contributed by atoms with Gasteiger partial charge in [-0.1, -0.05) is 42.1 Å². The molecule has 3 nitrogen and oxygen atoms in total. The largest absolute Gasteiger partial charge is 0.301 e. The molecular weight excluding hydrogens is 324 g/mol. The number of benzene rings is 1. The van der Waals surface area contributed by atoms with Crippen LogP contribution in [0.25, 0.3) is 10.2 Å². The molecule has 1 N–H and O–H groups in total. The zero-order valence-corrected chi connectivity index (χ0v) is 14.4. The van der Waals surface area contributed by atoms with Gasteiger partial charge in [-0.05, 0) is 43.2 Å². The average molecular weight is 342 g/mol. The van der Waals surface area contributed by atoms with E-state index < -0.39 is 0 Å². The van der Waals surface area contributed by atoms with Crippen LogP contribution in [-0.4, -0.2) is 15.7 Å². The Balaban J connectivity index is 1.55. The first-order valence-corrected chi connectivity index (χ1v) is 9.83. The molecule has 118 valence electrons. The third-order valence-corrected chi connectivity index (χ3v) is 6.34. The Morgan fingerprint density at radius 1 is 1.17 bits per heavy atom.